The number of aliphatic hydroxyl groups is 1. The first-order valence-electron chi connectivity index (χ1n) is 4.33. The van der Waals surface area contributed by atoms with Crippen LogP contribution < -0.4 is 10.5 Å². The van der Waals surface area contributed by atoms with E-state index in [1.54, 1.807) is 7.11 Å². The van der Waals surface area contributed by atoms with E-state index in [0.29, 0.717) is 6.42 Å². The number of rotatable bonds is 1. The zero-order chi connectivity index (χ0) is 9.42. The molecule has 0 spiro atoms. The van der Waals surface area contributed by atoms with Gasteiger partial charge in [-0.3, -0.25) is 0 Å². The van der Waals surface area contributed by atoms with Crippen LogP contribution in [-0.4, -0.2) is 18.3 Å². The van der Waals surface area contributed by atoms with Crippen LogP contribution in [-0.2, 0) is 6.42 Å². The van der Waals surface area contributed by atoms with Crippen molar-refractivity contribution < 1.29 is 9.84 Å². The molecule has 3 nitrogen and oxygen atoms in total. The number of nitrogens with two attached hydrogens (primary N) is 1. The number of hydrogen-bond acceptors (Lipinski definition) is 3. The van der Waals surface area contributed by atoms with E-state index < -0.39 is 6.10 Å². The van der Waals surface area contributed by atoms with E-state index in [9.17, 15) is 5.11 Å². The molecule has 0 saturated carbocycles. The Bertz CT molecular complexity index is 325. The molecule has 3 N–H and O–H groups in total. The highest BCUT2D eigenvalue weighted by molar-refractivity contribution is 5.41. The van der Waals surface area contributed by atoms with Crippen molar-refractivity contribution in [1.82, 2.24) is 0 Å². The van der Waals surface area contributed by atoms with Crippen LogP contribution in [0.1, 0.15) is 17.2 Å². The van der Waals surface area contributed by atoms with Crippen molar-refractivity contribution >= 4 is 0 Å². The Balaban J connectivity index is 2.42. The van der Waals surface area contributed by atoms with Crippen LogP contribution in [0.3, 0.4) is 0 Å². The summed E-state index contributed by atoms with van der Waals surface area (Å²) >= 11 is 0. The van der Waals surface area contributed by atoms with E-state index in [1.807, 2.05) is 18.2 Å². The average molecular weight is 179 g/mol. The number of hydrogen-bond donors (Lipinski definition) is 2. The summed E-state index contributed by atoms with van der Waals surface area (Å²) in [7, 11) is 1.62. The molecule has 70 valence electrons. The summed E-state index contributed by atoms with van der Waals surface area (Å²) in [6.45, 7) is 0. The highest BCUT2D eigenvalue weighted by Gasteiger charge is 2.27. The minimum Gasteiger partial charge on any atom is -0.497 e. The van der Waals surface area contributed by atoms with Crippen molar-refractivity contribution in [1.29, 1.82) is 0 Å². The quantitative estimate of drug-likeness (QED) is 0.664. The van der Waals surface area contributed by atoms with Crippen LogP contribution in [0.4, 0.5) is 0 Å². The van der Waals surface area contributed by atoms with Crippen LogP contribution in [0.2, 0.25) is 0 Å². The van der Waals surface area contributed by atoms with Gasteiger partial charge in [0.25, 0.3) is 0 Å². The second-order valence-corrected chi connectivity index (χ2v) is 3.36. The van der Waals surface area contributed by atoms with Gasteiger partial charge < -0.3 is 15.6 Å². The summed E-state index contributed by atoms with van der Waals surface area (Å²) in [5.74, 6) is 0.795. The topological polar surface area (TPSA) is 55.5 Å². The van der Waals surface area contributed by atoms with E-state index >= 15 is 0 Å². The smallest absolute Gasteiger partial charge is 0.119 e. The van der Waals surface area contributed by atoms with E-state index in [2.05, 4.69) is 0 Å². The lowest BCUT2D eigenvalue weighted by Gasteiger charge is -2.09. The van der Waals surface area contributed by atoms with Gasteiger partial charge in [-0.2, -0.15) is 0 Å². The molecule has 0 aromatic heterocycles. The maximum absolute atomic E-state index is 9.52. The third-order valence-corrected chi connectivity index (χ3v) is 2.56. The fourth-order valence-corrected chi connectivity index (χ4v) is 1.76. The van der Waals surface area contributed by atoms with E-state index in [0.717, 1.165) is 16.9 Å². The van der Waals surface area contributed by atoms with E-state index in [-0.39, 0.29) is 6.04 Å². The summed E-state index contributed by atoms with van der Waals surface area (Å²) in [5, 5.41) is 9.52. The van der Waals surface area contributed by atoms with E-state index in [4.69, 9.17) is 10.5 Å². The molecule has 0 fully saturated rings. The fourth-order valence-electron chi connectivity index (χ4n) is 1.76. The predicted octanol–water partition coefficient (Wildman–Crippen LogP) is 0.612. The molecular formula is C10H13NO2. The third-order valence-electron chi connectivity index (χ3n) is 2.56. The minimum absolute atomic E-state index is 0.259. The molecule has 1 aromatic carbocycles. The van der Waals surface area contributed by atoms with Gasteiger partial charge in [-0.05, 0) is 23.3 Å². The lowest BCUT2D eigenvalue weighted by Crippen LogP contribution is -2.21. The molecule has 1 aromatic rings. The lowest BCUT2D eigenvalue weighted by atomic mass is 10.1. The van der Waals surface area contributed by atoms with Crippen molar-refractivity contribution in [2.75, 3.05) is 7.11 Å². The van der Waals surface area contributed by atoms with Crippen LogP contribution >= 0.6 is 0 Å². The Morgan fingerprint density at radius 3 is 3.00 bits per heavy atom. The average Bonchev–Trinajstić information content (AvgIpc) is 2.43. The van der Waals surface area contributed by atoms with Crippen molar-refractivity contribution in [3.05, 3.63) is 29.3 Å². The van der Waals surface area contributed by atoms with Crippen molar-refractivity contribution in [2.24, 2.45) is 5.73 Å². The van der Waals surface area contributed by atoms with Gasteiger partial charge in [-0.1, -0.05) is 6.07 Å². The molecular weight excluding hydrogens is 166 g/mol. The maximum atomic E-state index is 9.52. The Labute approximate surface area is 77.1 Å². The molecule has 13 heavy (non-hydrogen) atoms. The van der Waals surface area contributed by atoms with Gasteiger partial charge in [0, 0.05) is 6.42 Å². The van der Waals surface area contributed by atoms with Gasteiger partial charge in [0.05, 0.1) is 19.3 Å². The van der Waals surface area contributed by atoms with Crippen molar-refractivity contribution in [3.63, 3.8) is 0 Å². The summed E-state index contributed by atoms with van der Waals surface area (Å²) in [4.78, 5) is 0. The second-order valence-electron chi connectivity index (χ2n) is 3.36. The van der Waals surface area contributed by atoms with Gasteiger partial charge in [-0.25, -0.2) is 0 Å². The first-order chi connectivity index (χ1) is 6.22. The maximum Gasteiger partial charge on any atom is 0.119 e. The molecule has 3 heteroatoms. The van der Waals surface area contributed by atoms with E-state index in [1.165, 1.54) is 0 Å². The summed E-state index contributed by atoms with van der Waals surface area (Å²) in [6, 6.07) is 5.49. The Morgan fingerprint density at radius 2 is 2.31 bits per heavy atom. The zero-order valence-corrected chi connectivity index (χ0v) is 7.53. The van der Waals surface area contributed by atoms with Gasteiger partial charge in [0.1, 0.15) is 5.75 Å². The molecule has 0 aliphatic heterocycles. The molecule has 2 atom stereocenters. The van der Waals surface area contributed by atoms with Crippen molar-refractivity contribution in [2.45, 2.75) is 18.6 Å². The van der Waals surface area contributed by atoms with Gasteiger partial charge in [-0.15, -0.1) is 0 Å². The molecule has 0 saturated heterocycles. The monoisotopic (exact) mass is 179 g/mol. The summed E-state index contributed by atoms with van der Waals surface area (Å²) in [6.07, 6.45) is 0.211. The molecule has 0 bridgehead atoms. The number of aliphatic hydroxyl groups excluding tert-OH is 1. The van der Waals surface area contributed by atoms with Crippen molar-refractivity contribution in [3.8, 4) is 5.75 Å². The molecule has 1 aliphatic rings. The van der Waals surface area contributed by atoms with Crippen LogP contribution in [0.25, 0.3) is 0 Å². The fraction of sp³-hybridized carbons (Fsp3) is 0.400. The second kappa shape index (κ2) is 3.01. The molecule has 1 aliphatic carbocycles. The van der Waals surface area contributed by atoms with Gasteiger partial charge in [0.15, 0.2) is 0 Å². The van der Waals surface area contributed by atoms with Crippen LogP contribution in [0.5, 0.6) is 5.75 Å². The number of fused-ring (bicyclic) bond motifs is 1. The summed E-state index contributed by atoms with van der Waals surface area (Å²) in [5.41, 5.74) is 7.94. The largest absolute Gasteiger partial charge is 0.497 e. The minimum atomic E-state index is -0.442. The molecule has 0 unspecified atom stereocenters. The highest BCUT2D eigenvalue weighted by atomic mass is 16.5. The first kappa shape index (κ1) is 8.53. The van der Waals surface area contributed by atoms with Crippen LogP contribution in [0, 0.1) is 0 Å². The molecule has 0 radical (unpaired) electrons. The van der Waals surface area contributed by atoms with Crippen LogP contribution in [0.15, 0.2) is 18.2 Å². The molecule has 0 heterocycles. The lowest BCUT2D eigenvalue weighted by molar-refractivity contribution is 0.158. The zero-order valence-electron chi connectivity index (χ0n) is 7.53. The molecule has 2 rings (SSSR count). The third kappa shape index (κ3) is 1.30. The highest BCUT2D eigenvalue weighted by Crippen LogP contribution is 2.32. The Hall–Kier alpha value is -1.06. The molecule has 0 amide bonds. The van der Waals surface area contributed by atoms with Gasteiger partial charge >= 0.3 is 0 Å². The number of methoxy groups -OCH3 is 1. The SMILES string of the molecule is COc1ccc2c(c1)[C@H](N)[C@@H](O)C2. The number of benzene rings is 1. The number of ether oxygens (including phenoxy) is 1. The predicted molar refractivity (Wildman–Crippen MR) is 49.6 cm³/mol. The Morgan fingerprint density at radius 1 is 1.54 bits per heavy atom. The first-order valence-corrected chi connectivity index (χ1v) is 4.33. The summed E-state index contributed by atoms with van der Waals surface area (Å²) < 4.78 is 5.09. The van der Waals surface area contributed by atoms with Gasteiger partial charge in [0.2, 0.25) is 0 Å². The normalized spacial score (nSPS) is 25.8. The standard InChI is InChI=1S/C10H13NO2/c1-13-7-3-2-6-4-9(12)10(11)8(6)5-7/h2-3,5,9-10,12H,4,11H2,1H3/t9-,10-/m0/s1. The Kier molecular flexibility index (Phi) is 1.98.